The average molecular weight is 399 g/mol. The van der Waals surface area contributed by atoms with Gasteiger partial charge in [-0.3, -0.25) is 9.69 Å². The van der Waals surface area contributed by atoms with Gasteiger partial charge in [0.05, 0.1) is 16.5 Å². The minimum absolute atomic E-state index is 0. The predicted molar refractivity (Wildman–Crippen MR) is 98.2 cm³/mol. The van der Waals surface area contributed by atoms with E-state index in [0.29, 0.717) is 22.5 Å². The Hall–Kier alpha value is -1.60. The van der Waals surface area contributed by atoms with Crippen LogP contribution >= 0.6 is 22.9 Å². The standard InChI is InChI=1S/C17H18ClN3O2S.ClH/c1-20(2)8-4-9-21(16(22)14-5-3-10-23-14)17-19-13-7-6-12(18)11-15(13)24-17;/h3,5-7,10-11H,4,8-9H2,1-2H3;1H/p-1. The summed E-state index contributed by atoms with van der Waals surface area (Å²) in [6, 6.07) is 8.92. The minimum atomic E-state index is -0.177. The number of carbonyl (C=O) groups excluding carboxylic acids is 1. The van der Waals surface area contributed by atoms with Crippen LogP contribution in [-0.4, -0.2) is 43.0 Å². The molecule has 0 unspecified atom stereocenters. The summed E-state index contributed by atoms with van der Waals surface area (Å²) in [6.07, 6.45) is 2.35. The van der Waals surface area contributed by atoms with E-state index in [1.165, 1.54) is 17.6 Å². The van der Waals surface area contributed by atoms with Gasteiger partial charge in [-0.1, -0.05) is 22.9 Å². The van der Waals surface area contributed by atoms with Crippen molar-refractivity contribution in [3.05, 3.63) is 47.4 Å². The molecule has 0 spiro atoms. The predicted octanol–water partition coefficient (Wildman–Crippen LogP) is 1.15. The number of thiazole rings is 1. The van der Waals surface area contributed by atoms with Crippen LogP contribution in [0.15, 0.2) is 41.0 Å². The van der Waals surface area contributed by atoms with Crippen molar-refractivity contribution in [1.82, 2.24) is 9.88 Å². The van der Waals surface area contributed by atoms with E-state index in [0.717, 1.165) is 23.2 Å². The van der Waals surface area contributed by atoms with Crippen LogP contribution in [-0.2, 0) is 0 Å². The molecule has 0 bridgehead atoms. The van der Waals surface area contributed by atoms with Crippen molar-refractivity contribution < 1.29 is 21.6 Å². The van der Waals surface area contributed by atoms with Crippen LogP contribution in [0.2, 0.25) is 5.02 Å². The average Bonchev–Trinajstić information content (AvgIpc) is 3.19. The Morgan fingerprint density at radius 3 is 2.76 bits per heavy atom. The molecule has 8 heteroatoms. The second kappa shape index (κ2) is 8.67. The second-order valence-electron chi connectivity index (χ2n) is 5.70. The number of halogens is 2. The van der Waals surface area contributed by atoms with Crippen molar-refractivity contribution in [2.24, 2.45) is 0 Å². The number of aromatic nitrogens is 1. The van der Waals surface area contributed by atoms with E-state index >= 15 is 0 Å². The van der Waals surface area contributed by atoms with Gasteiger partial charge in [0, 0.05) is 11.6 Å². The highest BCUT2D eigenvalue weighted by molar-refractivity contribution is 7.22. The Balaban J connectivity index is 0.00000225. The molecule has 0 N–H and O–H groups in total. The number of benzene rings is 1. The summed E-state index contributed by atoms with van der Waals surface area (Å²) in [7, 11) is 4.02. The molecule has 2 aromatic heterocycles. The van der Waals surface area contributed by atoms with Crippen LogP contribution in [0, 0.1) is 0 Å². The van der Waals surface area contributed by atoms with Crippen molar-refractivity contribution in [2.75, 3.05) is 32.1 Å². The fourth-order valence-corrected chi connectivity index (χ4v) is 3.63. The van der Waals surface area contributed by atoms with Crippen molar-refractivity contribution in [3.63, 3.8) is 0 Å². The van der Waals surface area contributed by atoms with Gasteiger partial charge in [-0.15, -0.1) is 0 Å². The Kier molecular flexibility index (Phi) is 6.84. The maximum Gasteiger partial charge on any atom is 0.295 e. The zero-order valence-corrected chi connectivity index (χ0v) is 16.2. The molecule has 3 aromatic rings. The molecule has 0 aliphatic rings. The Morgan fingerprint density at radius 2 is 2.08 bits per heavy atom. The van der Waals surface area contributed by atoms with E-state index < -0.39 is 0 Å². The number of anilines is 1. The normalized spacial score (nSPS) is 10.9. The zero-order chi connectivity index (χ0) is 17.1. The minimum Gasteiger partial charge on any atom is -1.00 e. The topological polar surface area (TPSA) is 49.6 Å². The molecular weight excluding hydrogens is 381 g/mol. The van der Waals surface area contributed by atoms with Gasteiger partial charge in [-0.05, 0) is 57.4 Å². The van der Waals surface area contributed by atoms with Gasteiger partial charge in [0.25, 0.3) is 5.91 Å². The quantitative estimate of drug-likeness (QED) is 0.624. The molecule has 25 heavy (non-hydrogen) atoms. The Bertz CT molecular complexity index is 834. The summed E-state index contributed by atoms with van der Waals surface area (Å²) in [4.78, 5) is 21.2. The lowest BCUT2D eigenvalue weighted by molar-refractivity contribution is -0.0000125. The van der Waals surface area contributed by atoms with Crippen molar-refractivity contribution in [1.29, 1.82) is 0 Å². The molecule has 1 amide bonds. The lowest BCUT2D eigenvalue weighted by Gasteiger charge is -2.19. The molecule has 0 fully saturated rings. The van der Waals surface area contributed by atoms with E-state index in [-0.39, 0.29) is 18.3 Å². The molecule has 0 aliphatic heterocycles. The molecule has 0 atom stereocenters. The summed E-state index contributed by atoms with van der Waals surface area (Å²) in [6.45, 7) is 1.46. The monoisotopic (exact) mass is 398 g/mol. The fourth-order valence-electron chi connectivity index (χ4n) is 2.36. The Morgan fingerprint density at radius 1 is 1.28 bits per heavy atom. The maximum absolute atomic E-state index is 12.8. The van der Waals surface area contributed by atoms with Crippen LogP contribution in [0.1, 0.15) is 17.0 Å². The third kappa shape index (κ3) is 4.73. The number of carbonyl (C=O) groups is 1. The van der Waals surface area contributed by atoms with E-state index in [4.69, 9.17) is 16.0 Å². The van der Waals surface area contributed by atoms with Gasteiger partial charge in [-0.2, -0.15) is 0 Å². The third-order valence-electron chi connectivity index (χ3n) is 3.53. The third-order valence-corrected chi connectivity index (χ3v) is 4.81. The number of amides is 1. The number of hydrogen-bond acceptors (Lipinski definition) is 5. The SMILES string of the molecule is CN(C)CCCN(C(=O)c1ccco1)c1nc2ccc(Cl)cc2s1.[Cl-]. The summed E-state index contributed by atoms with van der Waals surface area (Å²) in [5.41, 5.74) is 0.837. The molecule has 3 rings (SSSR count). The lowest BCUT2D eigenvalue weighted by atomic mass is 10.3. The number of hydrogen-bond donors (Lipinski definition) is 0. The summed E-state index contributed by atoms with van der Waals surface area (Å²) < 4.78 is 6.23. The molecule has 0 radical (unpaired) electrons. The number of furan rings is 1. The number of rotatable bonds is 6. The first kappa shape index (κ1) is 19.7. The first-order valence-corrected chi connectivity index (χ1v) is 8.80. The molecule has 5 nitrogen and oxygen atoms in total. The van der Waals surface area contributed by atoms with E-state index in [1.54, 1.807) is 23.1 Å². The van der Waals surface area contributed by atoms with Crippen LogP contribution < -0.4 is 17.3 Å². The molecule has 2 heterocycles. The van der Waals surface area contributed by atoms with Gasteiger partial charge in [-0.25, -0.2) is 4.98 Å². The van der Waals surface area contributed by atoms with Crippen molar-refractivity contribution in [3.8, 4) is 0 Å². The van der Waals surface area contributed by atoms with Gasteiger partial charge in [0.2, 0.25) is 0 Å². The highest BCUT2D eigenvalue weighted by atomic mass is 35.5. The van der Waals surface area contributed by atoms with E-state index in [9.17, 15) is 4.79 Å². The number of nitrogens with zero attached hydrogens (tertiary/aromatic N) is 3. The van der Waals surface area contributed by atoms with Gasteiger partial charge in [0.1, 0.15) is 0 Å². The first-order valence-electron chi connectivity index (χ1n) is 7.61. The summed E-state index contributed by atoms with van der Waals surface area (Å²) in [5, 5.41) is 1.32. The lowest BCUT2D eigenvalue weighted by Crippen LogP contribution is -3.00. The van der Waals surface area contributed by atoms with Crippen LogP contribution in [0.4, 0.5) is 5.13 Å². The number of fused-ring (bicyclic) bond motifs is 1. The van der Waals surface area contributed by atoms with Gasteiger partial charge < -0.3 is 21.7 Å². The Labute approximate surface area is 161 Å². The van der Waals surface area contributed by atoms with Crippen molar-refractivity contribution in [2.45, 2.75) is 6.42 Å². The zero-order valence-electron chi connectivity index (χ0n) is 13.9. The molecule has 0 saturated carbocycles. The highest BCUT2D eigenvalue weighted by Crippen LogP contribution is 2.31. The summed E-state index contributed by atoms with van der Waals surface area (Å²) >= 11 is 7.51. The van der Waals surface area contributed by atoms with Crippen LogP contribution in [0.5, 0.6) is 0 Å². The van der Waals surface area contributed by atoms with Crippen LogP contribution in [0.3, 0.4) is 0 Å². The van der Waals surface area contributed by atoms with E-state index in [1.807, 2.05) is 26.2 Å². The summed E-state index contributed by atoms with van der Waals surface area (Å²) in [5.74, 6) is 0.140. The van der Waals surface area contributed by atoms with Gasteiger partial charge in [0.15, 0.2) is 10.9 Å². The smallest absolute Gasteiger partial charge is 0.295 e. The maximum atomic E-state index is 12.8. The first-order chi connectivity index (χ1) is 11.5. The molecule has 134 valence electrons. The van der Waals surface area contributed by atoms with E-state index in [2.05, 4.69) is 9.88 Å². The largest absolute Gasteiger partial charge is 1.00 e. The fraction of sp³-hybridized carbons (Fsp3) is 0.294. The van der Waals surface area contributed by atoms with Crippen molar-refractivity contribution >= 4 is 44.2 Å². The van der Waals surface area contributed by atoms with Crippen LogP contribution in [0.25, 0.3) is 10.2 Å². The molecule has 1 aromatic carbocycles. The molecular formula is C17H18Cl2N3O2S-. The van der Waals surface area contributed by atoms with Gasteiger partial charge >= 0.3 is 0 Å². The molecule has 0 saturated heterocycles. The highest BCUT2D eigenvalue weighted by Gasteiger charge is 2.23. The second-order valence-corrected chi connectivity index (χ2v) is 7.14. The molecule has 0 aliphatic carbocycles.